The molecule has 2 rings (SSSR count). The molecular formula is C18H30ClN3O3S. The van der Waals surface area contributed by atoms with Crippen LogP contribution in [0.15, 0.2) is 24.3 Å². The van der Waals surface area contributed by atoms with Gasteiger partial charge in [-0.3, -0.25) is 9.69 Å². The maximum Gasteiger partial charge on any atom is 0.237 e. The summed E-state index contributed by atoms with van der Waals surface area (Å²) in [5, 5.41) is 3.03. The molecule has 0 spiro atoms. The van der Waals surface area contributed by atoms with E-state index in [2.05, 4.69) is 22.3 Å². The largest absolute Gasteiger partial charge is 0.497 e. The van der Waals surface area contributed by atoms with Crippen LogP contribution in [-0.4, -0.2) is 68.8 Å². The summed E-state index contributed by atoms with van der Waals surface area (Å²) < 4.78 is 10.7. The van der Waals surface area contributed by atoms with Crippen molar-refractivity contribution in [3.8, 4) is 5.75 Å². The summed E-state index contributed by atoms with van der Waals surface area (Å²) in [6.45, 7) is 3.68. The van der Waals surface area contributed by atoms with E-state index in [1.165, 1.54) is 0 Å². The van der Waals surface area contributed by atoms with Gasteiger partial charge in [-0.25, -0.2) is 0 Å². The zero-order chi connectivity index (χ0) is 18.1. The molecule has 2 atom stereocenters. The monoisotopic (exact) mass is 403 g/mol. The number of ether oxygens (including phenoxy) is 2. The van der Waals surface area contributed by atoms with Crippen LogP contribution in [0.2, 0.25) is 0 Å². The molecule has 0 bridgehead atoms. The van der Waals surface area contributed by atoms with Crippen LogP contribution in [0.4, 0.5) is 0 Å². The zero-order valence-electron chi connectivity index (χ0n) is 15.5. The van der Waals surface area contributed by atoms with Crippen LogP contribution in [0.3, 0.4) is 0 Å². The van der Waals surface area contributed by atoms with Gasteiger partial charge in [0, 0.05) is 19.6 Å². The van der Waals surface area contributed by atoms with Crippen LogP contribution in [0.1, 0.15) is 18.0 Å². The number of rotatable bonds is 9. The van der Waals surface area contributed by atoms with Crippen molar-refractivity contribution in [2.24, 2.45) is 5.73 Å². The maximum absolute atomic E-state index is 12.3. The number of nitrogens with zero attached hydrogens (tertiary/aromatic N) is 1. The Labute approximate surface area is 166 Å². The fourth-order valence-corrected chi connectivity index (χ4v) is 3.37. The molecule has 1 heterocycles. The van der Waals surface area contributed by atoms with E-state index < -0.39 is 6.04 Å². The SMILES string of the molecule is COc1ccc(C(CNC(=O)C(N)CCSC)N2CCOCC2)cc1.Cl. The smallest absolute Gasteiger partial charge is 0.237 e. The van der Waals surface area contributed by atoms with Gasteiger partial charge in [-0.1, -0.05) is 12.1 Å². The third-order valence-electron chi connectivity index (χ3n) is 4.43. The number of thioether (sulfide) groups is 1. The number of hydrogen-bond acceptors (Lipinski definition) is 6. The summed E-state index contributed by atoms with van der Waals surface area (Å²) >= 11 is 1.70. The van der Waals surface area contributed by atoms with Crippen LogP contribution in [-0.2, 0) is 9.53 Å². The molecule has 0 aliphatic carbocycles. The number of carbonyl (C=O) groups excluding carboxylic acids is 1. The lowest BCUT2D eigenvalue weighted by molar-refractivity contribution is -0.122. The molecule has 1 aliphatic heterocycles. The van der Waals surface area contributed by atoms with E-state index in [4.69, 9.17) is 15.2 Å². The van der Waals surface area contributed by atoms with E-state index >= 15 is 0 Å². The van der Waals surface area contributed by atoms with E-state index in [0.29, 0.717) is 26.2 Å². The van der Waals surface area contributed by atoms with Crippen LogP contribution in [0.25, 0.3) is 0 Å². The molecule has 1 saturated heterocycles. The fourth-order valence-electron chi connectivity index (χ4n) is 2.88. The first-order valence-corrected chi connectivity index (χ1v) is 10.0. The van der Waals surface area contributed by atoms with Gasteiger partial charge in [0.05, 0.1) is 32.4 Å². The minimum absolute atomic E-state index is 0. The van der Waals surface area contributed by atoms with Gasteiger partial charge in [0.15, 0.2) is 0 Å². The Morgan fingerprint density at radius 3 is 2.58 bits per heavy atom. The van der Waals surface area contributed by atoms with Crippen LogP contribution in [0.5, 0.6) is 5.75 Å². The topological polar surface area (TPSA) is 76.8 Å². The zero-order valence-corrected chi connectivity index (χ0v) is 17.1. The van der Waals surface area contributed by atoms with E-state index in [1.807, 2.05) is 18.4 Å². The average molecular weight is 404 g/mol. The van der Waals surface area contributed by atoms with E-state index in [9.17, 15) is 4.79 Å². The highest BCUT2D eigenvalue weighted by atomic mass is 35.5. The van der Waals surface area contributed by atoms with Crippen molar-refractivity contribution in [1.82, 2.24) is 10.2 Å². The molecule has 3 N–H and O–H groups in total. The molecule has 0 saturated carbocycles. The van der Waals surface area contributed by atoms with Crippen molar-refractivity contribution in [2.45, 2.75) is 18.5 Å². The fraction of sp³-hybridized carbons (Fsp3) is 0.611. The predicted molar refractivity (Wildman–Crippen MR) is 109 cm³/mol. The van der Waals surface area contributed by atoms with Crippen molar-refractivity contribution >= 4 is 30.1 Å². The van der Waals surface area contributed by atoms with E-state index in [-0.39, 0.29) is 24.4 Å². The second-order valence-electron chi connectivity index (χ2n) is 6.07. The minimum Gasteiger partial charge on any atom is -0.497 e. The first-order valence-electron chi connectivity index (χ1n) is 8.63. The summed E-state index contributed by atoms with van der Waals surface area (Å²) in [6.07, 6.45) is 2.71. The number of nitrogens with one attached hydrogen (secondary N) is 1. The minimum atomic E-state index is -0.450. The molecule has 1 aliphatic rings. The molecule has 1 fully saturated rings. The molecular weight excluding hydrogens is 374 g/mol. The second-order valence-corrected chi connectivity index (χ2v) is 7.06. The number of carbonyl (C=O) groups is 1. The third-order valence-corrected chi connectivity index (χ3v) is 5.07. The van der Waals surface area contributed by atoms with Gasteiger partial charge < -0.3 is 20.5 Å². The highest BCUT2D eigenvalue weighted by Crippen LogP contribution is 2.23. The molecule has 148 valence electrons. The molecule has 1 amide bonds. The van der Waals surface area contributed by atoms with Crippen molar-refractivity contribution < 1.29 is 14.3 Å². The Bertz CT molecular complexity index is 527. The molecule has 8 heteroatoms. The van der Waals surface area contributed by atoms with Crippen LogP contribution < -0.4 is 15.8 Å². The van der Waals surface area contributed by atoms with Crippen molar-refractivity contribution in [3.05, 3.63) is 29.8 Å². The summed E-state index contributed by atoms with van der Waals surface area (Å²) in [6, 6.07) is 7.67. The van der Waals surface area contributed by atoms with Crippen molar-refractivity contribution in [2.75, 3.05) is 52.0 Å². The van der Waals surface area contributed by atoms with Crippen molar-refractivity contribution in [3.63, 3.8) is 0 Å². The summed E-state index contributed by atoms with van der Waals surface area (Å²) in [4.78, 5) is 14.6. The molecule has 1 aromatic carbocycles. The normalized spacial score (nSPS) is 17.0. The van der Waals surface area contributed by atoms with E-state index in [1.54, 1.807) is 18.9 Å². The number of hydrogen-bond donors (Lipinski definition) is 2. The first-order chi connectivity index (χ1) is 12.2. The number of halogens is 1. The Morgan fingerprint density at radius 1 is 1.35 bits per heavy atom. The van der Waals surface area contributed by atoms with E-state index in [0.717, 1.165) is 30.2 Å². The first kappa shape index (κ1) is 23.0. The number of amides is 1. The molecule has 0 aromatic heterocycles. The lowest BCUT2D eigenvalue weighted by Gasteiger charge is -2.35. The molecule has 1 aromatic rings. The Kier molecular flexibility index (Phi) is 11.0. The molecule has 6 nitrogen and oxygen atoms in total. The van der Waals surface area contributed by atoms with Gasteiger partial charge in [0.1, 0.15) is 5.75 Å². The Balaban J connectivity index is 0.00000338. The number of methoxy groups -OCH3 is 1. The van der Waals surface area contributed by atoms with Gasteiger partial charge >= 0.3 is 0 Å². The number of benzene rings is 1. The van der Waals surface area contributed by atoms with Gasteiger partial charge in [0.2, 0.25) is 5.91 Å². The highest BCUT2D eigenvalue weighted by molar-refractivity contribution is 7.98. The van der Waals surface area contributed by atoms with Gasteiger partial charge in [-0.05, 0) is 36.1 Å². The predicted octanol–water partition coefficient (Wildman–Crippen LogP) is 1.69. The Morgan fingerprint density at radius 2 is 2.00 bits per heavy atom. The maximum atomic E-state index is 12.3. The molecule has 2 unspecified atom stereocenters. The van der Waals surface area contributed by atoms with Gasteiger partial charge in [-0.2, -0.15) is 11.8 Å². The average Bonchev–Trinajstić information content (AvgIpc) is 2.67. The second kappa shape index (κ2) is 12.4. The molecule has 26 heavy (non-hydrogen) atoms. The Hall–Kier alpha value is -0.990. The number of nitrogens with two attached hydrogens (primary N) is 1. The van der Waals surface area contributed by atoms with Gasteiger partial charge in [0.25, 0.3) is 0 Å². The summed E-state index contributed by atoms with van der Waals surface area (Å²) in [7, 11) is 1.66. The summed E-state index contributed by atoms with van der Waals surface area (Å²) in [5.41, 5.74) is 7.12. The number of morpholine rings is 1. The molecule has 0 radical (unpaired) electrons. The van der Waals surface area contributed by atoms with Crippen LogP contribution >= 0.6 is 24.2 Å². The van der Waals surface area contributed by atoms with Gasteiger partial charge in [-0.15, -0.1) is 12.4 Å². The standard InChI is InChI=1S/C18H29N3O3S.ClH/c1-23-15-5-3-14(4-6-15)17(21-8-10-24-11-9-21)13-20-18(22)16(19)7-12-25-2;/h3-6,16-17H,7-13,19H2,1-2H3,(H,20,22);1H. The quantitative estimate of drug-likeness (QED) is 0.653. The van der Waals surface area contributed by atoms with Crippen molar-refractivity contribution in [1.29, 1.82) is 0 Å². The highest BCUT2D eigenvalue weighted by Gasteiger charge is 2.24. The van der Waals surface area contributed by atoms with Crippen LogP contribution in [0, 0.1) is 0 Å². The third kappa shape index (κ3) is 6.96. The lowest BCUT2D eigenvalue weighted by atomic mass is 10.0. The lowest BCUT2D eigenvalue weighted by Crippen LogP contribution is -2.47. The summed E-state index contributed by atoms with van der Waals surface area (Å²) in [5.74, 6) is 1.63.